The molecule has 1 aromatic rings. The van der Waals surface area contributed by atoms with Crippen LogP contribution in [0, 0.1) is 12.3 Å². The molecule has 1 N–H and O–H groups in total. The van der Waals surface area contributed by atoms with Gasteiger partial charge in [-0.3, -0.25) is 0 Å². The SMILES string of the molecule is Cc1ccc(CN2C(=S)SCC2(O)C(C)(C)C)cc1. The molecule has 1 atom stereocenters. The molecule has 1 saturated heterocycles. The van der Waals surface area contributed by atoms with E-state index >= 15 is 0 Å². The zero-order valence-electron chi connectivity index (χ0n) is 11.9. The Morgan fingerprint density at radius 1 is 1.32 bits per heavy atom. The molecule has 19 heavy (non-hydrogen) atoms. The summed E-state index contributed by atoms with van der Waals surface area (Å²) in [7, 11) is 0. The molecule has 1 unspecified atom stereocenters. The number of hydrogen-bond donors (Lipinski definition) is 1. The van der Waals surface area contributed by atoms with Crippen molar-refractivity contribution in [3.05, 3.63) is 35.4 Å². The summed E-state index contributed by atoms with van der Waals surface area (Å²) in [4.78, 5) is 1.97. The molecule has 0 amide bonds. The lowest BCUT2D eigenvalue weighted by atomic mass is 9.83. The number of rotatable bonds is 2. The zero-order chi connectivity index (χ0) is 14.3. The molecule has 1 fully saturated rings. The van der Waals surface area contributed by atoms with E-state index in [1.807, 2.05) is 4.90 Å². The van der Waals surface area contributed by atoms with Gasteiger partial charge in [-0.1, -0.05) is 74.6 Å². The van der Waals surface area contributed by atoms with Crippen LogP contribution in [0.5, 0.6) is 0 Å². The van der Waals surface area contributed by atoms with Crippen LogP contribution in [0.1, 0.15) is 31.9 Å². The summed E-state index contributed by atoms with van der Waals surface area (Å²) in [5.41, 5.74) is 1.32. The second-order valence-electron chi connectivity index (χ2n) is 6.19. The van der Waals surface area contributed by atoms with Gasteiger partial charge in [-0.15, -0.1) is 0 Å². The van der Waals surface area contributed by atoms with Gasteiger partial charge in [0.15, 0.2) is 5.72 Å². The van der Waals surface area contributed by atoms with Crippen molar-refractivity contribution in [3.63, 3.8) is 0 Å². The lowest BCUT2D eigenvalue weighted by molar-refractivity contribution is -0.126. The zero-order valence-corrected chi connectivity index (χ0v) is 13.6. The minimum Gasteiger partial charge on any atom is -0.369 e. The predicted octanol–water partition coefficient (Wildman–Crippen LogP) is 3.56. The average Bonchev–Trinajstić information content (AvgIpc) is 2.61. The van der Waals surface area contributed by atoms with E-state index in [1.54, 1.807) is 11.8 Å². The van der Waals surface area contributed by atoms with Gasteiger partial charge in [-0.2, -0.15) is 0 Å². The van der Waals surface area contributed by atoms with Crippen LogP contribution >= 0.6 is 24.0 Å². The normalized spacial score (nSPS) is 24.1. The van der Waals surface area contributed by atoms with E-state index in [-0.39, 0.29) is 5.41 Å². The molecule has 0 spiro atoms. The predicted molar refractivity (Wildman–Crippen MR) is 86.2 cm³/mol. The van der Waals surface area contributed by atoms with Crippen LogP contribution in [0.15, 0.2) is 24.3 Å². The lowest BCUT2D eigenvalue weighted by Gasteiger charge is -2.43. The van der Waals surface area contributed by atoms with Crippen LogP contribution < -0.4 is 0 Å². The molecular weight excluding hydrogens is 274 g/mol. The van der Waals surface area contributed by atoms with Crippen LogP contribution in [0.3, 0.4) is 0 Å². The van der Waals surface area contributed by atoms with Crippen molar-refractivity contribution in [2.75, 3.05) is 5.75 Å². The minimum absolute atomic E-state index is 0.231. The quantitative estimate of drug-likeness (QED) is 0.843. The maximum Gasteiger partial charge on any atom is 0.153 e. The standard InChI is InChI=1S/C15H21NOS2/c1-11-5-7-12(8-6-11)9-16-13(18)19-10-15(16,17)14(2,3)4/h5-8,17H,9-10H2,1-4H3. The summed E-state index contributed by atoms with van der Waals surface area (Å²) in [5, 5.41) is 11.0. The maximum absolute atomic E-state index is 11.0. The van der Waals surface area contributed by atoms with Crippen molar-refractivity contribution in [3.8, 4) is 0 Å². The summed E-state index contributed by atoms with van der Waals surface area (Å²) in [5.74, 6) is 0.640. The van der Waals surface area contributed by atoms with Crippen molar-refractivity contribution < 1.29 is 5.11 Å². The Labute approximate surface area is 125 Å². The third kappa shape index (κ3) is 2.81. The number of benzene rings is 1. The lowest BCUT2D eigenvalue weighted by Crippen LogP contribution is -2.55. The van der Waals surface area contributed by atoms with Gasteiger partial charge >= 0.3 is 0 Å². The van der Waals surface area contributed by atoms with Gasteiger partial charge in [-0.25, -0.2) is 0 Å². The fraction of sp³-hybridized carbons (Fsp3) is 0.533. The van der Waals surface area contributed by atoms with Gasteiger partial charge in [0.25, 0.3) is 0 Å². The molecule has 1 aliphatic heterocycles. The minimum atomic E-state index is -0.875. The third-order valence-electron chi connectivity index (χ3n) is 3.73. The Bertz CT molecular complexity index is 478. The van der Waals surface area contributed by atoms with E-state index in [0.717, 1.165) is 4.32 Å². The molecule has 0 aromatic heterocycles. The largest absolute Gasteiger partial charge is 0.369 e. The highest BCUT2D eigenvalue weighted by atomic mass is 32.2. The Kier molecular flexibility index (Phi) is 3.96. The van der Waals surface area contributed by atoms with Gasteiger partial charge in [0.2, 0.25) is 0 Å². The highest BCUT2D eigenvalue weighted by molar-refractivity contribution is 8.23. The van der Waals surface area contributed by atoms with Crippen molar-refractivity contribution in [2.24, 2.45) is 5.41 Å². The number of aryl methyl sites for hydroxylation is 1. The first-order chi connectivity index (χ1) is 8.74. The topological polar surface area (TPSA) is 23.5 Å². The Hall–Kier alpha value is -0.580. The van der Waals surface area contributed by atoms with Crippen LogP contribution in [0.4, 0.5) is 0 Å². The van der Waals surface area contributed by atoms with Crippen LogP contribution in [0.25, 0.3) is 0 Å². The van der Waals surface area contributed by atoms with Crippen molar-refractivity contribution in [1.82, 2.24) is 4.90 Å². The van der Waals surface area contributed by atoms with E-state index in [2.05, 4.69) is 52.0 Å². The summed E-state index contributed by atoms with van der Waals surface area (Å²) in [6.45, 7) is 8.92. The van der Waals surface area contributed by atoms with Crippen molar-refractivity contribution in [1.29, 1.82) is 0 Å². The molecule has 1 aromatic carbocycles. The van der Waals surface area contributed by atoms with Crippen LogP contribution in [-0.2, 0) is 6.54 Å². The number of hydrogen-bond acceptors (Lipinski definition) is 3. The van der Waals surface area contributed by atoms with Crippen LogP contribution in [0.2, 0.25) is 0 Å². The second kappa shape index (κ2) is 5.08. The fourth-order valence-electron chi connectivity index (χ4n) is 2.16. The Morgan fingerprint density at radius 3 is 2.42 bits per heavy atom. The first-order valence-electron chi connectivity index (χ1n) is 6.46. The molecule has 4 heteroatoms. The molecule has 0 saturated carbocycles. The summed E-state index contributed by atoms with van der Waals surface area (Å²) < 4.78 is 0.790. The molecule has 1 heterocycles. The first-order valence-corrected chi connectivity index (χ1v) is 7.86. The molecule has 2 nitrogen and oxygen atoms in total. The molecular formula is C15H21NOS2. The summed E-state index contributed by atoms with van der Waals surface area (Å²) in [6.07, 6.45) is 0. The molecule has 0 bridgehead atoms. The van der Waals surface area contributed by atoms with E-state index in [0.29, 0.717) is 12.3 Å². The van der Waals surface area contributed by atoms with Gasteiger partial charge in [0, 0.05) is 17.7 Å². The number of aliphatic hydroxyl groups is 1. The van der Waals surface area contributed by atoms with Gasteiger partial charge in [-0.05, 0) is 12.5 Å². The number of thiocarbonyl (C=S) groups is 1. The molecule has 0 radical (unpaired) electrons. The monoisotopic (exact) mass is 295 g/mol. The maximum atomic E-state index is 11.0. The Morgan fingerprint density at radius 2 is 1.89 bits per heavy atom. The van der Waals surface area contributed by atoms with Gasteiger partial charge in [0.05, 0.1) is 0 Å². The van der Waals surface area contributed by atoms with Gasteiger partial charge < -0.3 is 10.0 Å². The fourth-order valence-corrected chi connectivity index (χ4v) is 3.84. The molecule has 104 valence electrons. The summed E-state index contributed by atoms with van der Waals surface area (Å²) in [6, 6.07) is 8.39. The molecule has 0 aliphatic carbocycles. The highest BCUT2D eigenvalue weighted by Gasteiger charge is 2.50. The van der Waals surface area contributed by atoms with Crippen LogP contribution in [-0.4, -0.2) is 25.8 Å². The molecule has 1 aliphatic rings. The second-order valence-corrected chi connectivity index (χ2v) is 7.80. The number of nitrogens with zero attached hydrogens (tertiary/aromatic N) is 1. The first kappa shape index (κ1) is 14.8. The smallest absolute Gasteiger partial charge is 0.153 e. The van der Waals surface area contributed by atoms with Crippen molar-refractivity contribution in [2.45, 2.75) is 40.0 Å². The van der Waals surface area contributed by atoms with E-state index in [1.165, 1.54) is 11.1 Å². The average molecular weight is 295 g/mol. The van der Waals surface area contributed by atoms with E-state index < -0.39 is 5.72 Å². The third-order valence-corrected chi connectivity index (χ3v) is 5.31. The highest BCUT2D eigenvalue weighted by Crippen LogP contribution is 2.43. The molecule has 2 rings (SSSR count). The van der Waals surface area contributed by atoms with E-state index in [4.69, 9.17) is 12.2 Å². The van der Waals surface area contributed by atoms with E-state index in [9.17, 15) is 5.11 Å². The summed E-state index contributed by atoms with van der Waals surface area (Å²) >= 11 is 6.98. The van der Waals surface area contributed by atoms with Gasteiger partial charge in [0.1, 0.15) is 4.32 Å². The van der Waals surface area contributed by atoms with Crippen molar-refractivity contribution >= 4 is 28.3 Å². The number of thioether (sulfide) groups is 1. The Balaban J connectivity index is 2.26.